The van der Waals surface area contributed by atoms with Gasteiger partial charge in [-0.2, -0.15) is 0 Å². The molecule has 0 heterocycles. The molecule has 2 amide bonds. The first-order chi connectivity index (χ1) is 17.5. The van der Waals surface area contributed by atoms with E-state index in [9.17, 15) is 18.4 Å². The van der Waals surface area contributed by atoms with E-state index in [-0.39, 0.29) is 35.7 Å². The topological polar surface area (TPSA) is 49.4 Å². The maximum atomic E-state index is 13.5. The third-order valence-electron chi connectivity index (χ3n) is 5.77. The van der Waals surface area contributed by atoms with Gasteiger partial charge in [0.2, 0.25) is 11.8 Å². The van der Waals surface area contributed by atoms with Gasteiger partial charge >= 0.3 is 0 Å². The molecule has 3 aromatic carbocycles. The van der Waals surface area contributed by atoms with E-state index in [1.54, 1.807) is 29.2 Å². The third kappa shape index (κ3) is 8.79. The number of rotatable bonds is 13. The quantitative estimate of drug-likeness (QED) is 0.298. The number of thioether (sulfide) groups is 1. The van der Waals surface area contributed by atoms with Crippen molar-refractivity contribution in [3.8, 4) is 0 Å². The van der Waals surface area contributed by atoms with Gasteiger partial charge in [0.1, 0.15) is 17.7 Å². The van der Waals surface area contributed by atoms with Crippen molar-refractivity contribution in [1.82, 2.24) is 10.2 Å². The Morgan fingerprint density at radius 1 is 0.861 bits per heavy atom. The molecular weight excluding hydrogens is 478 g/mol. The van der Waals surface area contributed by atoms with Gasteiger partial charge in [-0.3, -0.25) is 9.59 Å². The summed E-state index contributed by atoms with van der Waals surface area (Å²) in [5.74, 6) is -0.341. The predicted octanol–water partition coefficient (Wildman–Crippen LogP) is 5.75. The van der Waals surface area contributed by atoms with Crippen LogP contribution in [-0.2, 0) is 28.3 Å². The Hall–Kier alpha value is -3.19. The lowest BCUT2D eigenvalue weighted by Crippen LogP contribution is -2.51. The number of nitrogens with zero attached hydrogens (tertiary/aromatic N) is 1. The van der Waals surface area contributed by atoms with Crippen molar-refractivity contribution in [2.24, 2.45) is 0 Å². The lowest BCUT2D eigenvalue weighted by molar-refractivity contribution is -0.139. The summed E-state index contributed by atoms with van der Waals surface area (Å²) < 4.78 is 26.7. The molecule has 0 aliphatic carbocycles. The predicted molar refractivity (Wildman–Crippen MR) is 141 cm³/mol. The zero-order valence-electron chi connectivity index (χ0n) is 20.5. The first-order valence-electron chi connectivity index (χ1n) is 12.1. The molecule has 7 heteroatoms. The Kier molecular flexibility index (Phi) is 11.0. The molecule has 0 radical (unpaired) electrons. The van der Waals surface area contributed by atoms with Crippen molar-refractivity contribution in [3.63, 3.8) is 0 Å². The van der Waals surface area contributed by atoms with Gasteiger partial charge in [-0.1, -0.05) is 67.9 Å². The number of hydrogen-bond acceptors (Lipinski definition) is 3. The molecule has 0 spiro atoms. The largest absolute Gasteiger partial charge is 0.354 e. The van der Waals surface area contributed by atoms with E-state index >= 15 is 0 Å². The monoisotopic (exact) mass is 510 g/mol. The summed E-state index contributed by atoms with van der Waals surface area (Å²) in [4.78, 5) is 28.4. The minimum Gasteiger partial charge on any atom is -0.354 e. The fourth-order valence-corrected chi connectivity index (χ4v) is 4.64. The van der Waals surface area contributed by atoms with E-state index in [1.807, 2.05) is 30.3 Å². The fraction of sp³-hybridized carbons (Fsp3) is 0.310. The molecule has 0 aliphatic rings. The Labute approximate surface area is 216 Å². The molecule has 3 rings (SSSR count). The van der Waals surface area contributed by atoms with Crippen LogP contribution < -0.4 is 5.32 Å². The number of hydrogen-bond donors (Lipinski definition) is 1. The second-order valence-corrected chi connectivity index (χ2v) is 9.60. The number of unbranched alkanes of at least 4 members (excludes halogenated alkanes) is 1. The lowest BCUT2D eigenvalue weighted by Gasteiger charge is -2.31. The van der Waals surface area contributed by atoms with Gasteiger partial charge in [0.15, 0.2) is 0 Å². The maximum Gasteiger partial charge on any atom is 0.243 e. The SMILES string of the molecule is CCCCNC(=O)[C@H](Cc1ccccc1)N(Cc1ccc(F)cc1)C(=O)CSCc1ccc(F)cc1. The zero-order valence-corrected chi connectivity index (χ0v) is 21.3. The number of carbonyl (C=O) groups excluding carboxylic acids is 2. The normalized spacial score (nSPS) is 11.6. The second kappa shape index (κ2) is 14.4. The van der Waals surface area contributed by atoms with Gasteiger partial charge in [-0.25, -0.2) is 8.78 Å². The van der Waals surface area contributed by atoms with Gasteiger partial charge in [-0.05, 0) is 47.4 Å². The molecular formula is C29H32F2N2O2S. The first-order valence-corrected chi connectivity index (χ1v) is 13.3. The van der Waals surface area contributed by atoms with Crippen molar-refractivity contribution >= 4 is 23.6 Å². The molecule has 1 N–H and O–H groups in total. The molecule has 4 nitrogen and oxygen atoms in total. The van der Waals surface area contributed by atoms with Crippen LogP contribution in [0.3, 0.4) is 0 Å². The Morgan fingerprint density at radius 2 is 1.47 bits per heavy atom. The van der Waals surface area contributed by atoms with E-state index in [0.717, 1.165) is 29.5 Å². The van der Waals surface area contributed by atoms with Crippen molar-refractivity contribution in [1.29, 1.82) is 0 Å². The lowest BCUT2D eigenvalue weighted by atomic mass is 10.0. The average Bonchev–Trinajstić information content (AvgIpc) is 2.89. The molecule has 0 aromatic heterocycles. The van der Waals surface area contributed by atoms with Crippen LogP contribution in [0.5, 0.6) is 0 Å². The molecule has 0 aliphatic heterocycles. The van der Waals surface area contributed by atoms with Crippen LogP contribution in [0.15, 0.2) is 78.9 Å². The van der Waals surface area contributed by atoms with E-state index < -0.39 is 6.04 Å². The zero-order chi connectivity index (χ0) is 25.8. The minimum atomic E-state index is -0.715. The molecule has 0 unspecified atom stereocenters. The molecule has 1 atom stereocenters. The van der Waals surface area contributed by atoms with Gasteiger partial charge in [-0.15, -0.1) is 11.8 Å². The number of carbonyl (C=O) groups is 2. The molecule has 190 valence electrons. The van der Waals surface area contributed by atoms with Crippen molar-refractivity contribution in [2.75, 3.05) is 12.3 Å². The van der Waals surface area contributed by atoms with Crippen LogP contribution in [0, 0.1) is 11.6 Å². The highest BCUT2D eigenvalue weighted by molar-refractivity contribution is 7.99. The van der Waals surface area contributed by atoms with E-state index in [1.165, 1.54) is 36.0 Å². The number of nitrogens with one attached hydrogen (secondary N) is 1. The summed E-state index contributed by atoms with van der Waals surface area (Å²) in [6, 6.07) is 21.1. The summed E-state index contributed by atoms with van der Waals surface area (Å²) in [5, 5.41) is 2.99. The highest BCUT2D eigenvalue weighted by Crippen LogP contribution is 2.19. The summed E-state index contributed by atoms with van der Waals surface area (Å²) in [7, 11) is 0. The van der Waals surface area contributed by atoms with Gasteiger partial charge in [0.25, 0.3) is 0 Å². The van der Waals surface area contributed by atoms with Gasteiger partial charge in [0, 0.05) is 25.3 Å². The molecule has 3 aromatic rings. The highest BCUT2D eigenvalue weighted by atomic mass is 32.2. The maximum absolute atomic E-state index is 13.5. The van der Waals surface area contributed by atoms with Crippen molar-refractivity contribution < 1.29 is 18.4 Å². The minimum absolute atomic E-state index is 0.159. The fourth-order valence-electron chi connectivity index (χ4n) is 3.77. The van der Waals surface area contributed by atoms with E-state index in [0.29, 0.717) is 18.7 Å². The summed E-state index contributed by atoms with van der Waals surface area (Å²) in [6.07, 6.45) is 2.17. The van der Waals surface area contributed by atoms with Crippen LogP contribution in [0.25, 0.3) is 0 Å². The van der Waals surface area contributed by atoms with Gasteiger partial charge < -0.3 is 10.2 Å². The summed E-state index contributed by atoms with van der Waals surface area (Å²) in [5.41, 5.74) is 2.61. The Morgan fingerprint density at radius 3 is 2.08 bits per heavy atom. The third-order valence-corrected chi connectivity index (χ3v) is 6.76. The second-order valence-electron chi connectivity index (χ2n) is 8.62. The number of benzene rings is 3. The number of amides is 2. The van der Waals surface area contributed by atoms with Crippen LogP contribution in [0.1, 0.15) is 36.5 Å². The van der Waals surface area contributed by atoms with Gasteiger partial charge in [0.05, 0.1) is 5.75 Å². The van der Waals surface area contributed by atoms with Crippen molar-refractivity contribution in [2.45, 2.75) is 44.5 Å². The molecule has 0 fully saturated rings. The molecule has 0 saturated heterocycles. The van der Waals surface area contributed by atoms with Crippen LogP contribution >= 0.6 is 11.8 Å². The molecule has 36 heavy (non-hydrogen) atoms. The van der Waals surface area contributed by atoms with E-state index in [4.69, 9.17) is 0 Å². The van der Waals surface area contributed by atoms with Crippen molar-refractivity contribution in [3.05, 3.63) is 107 Å². The average molecular weight is 511 g/mol. The van der Waals surface area contributed by atoms with E-state index in [2.05, 4.69) is 12.2 Å². The summed E-state index contributed by atoms with van der Waals surface area (Å²) >= 11 is 1.41. The first kappa shape index (κ1) is 27.4. The van der Waals surface area contributed by atoms with Crippen LogP contribution in [0.2, 0.25) is 0 Å². The molecule has 0 saturated carbocycles. The Balaban J connectivity index is 1.81. The standard InChI is InChI=1S/C29H32F2N2O2S/c1-2-3-17-32-29(35)27(18-22-7-5-4-6-8-22)33(19-23-9-13-25(30)14-10-23)28(34)21-36-20-24-11-15-26(31)16-12-24/h4-16,27H,2-3,17-21H2,1H3,(H,32,35)/t27-/m0/s1. The van der Waals surface area contributed by atoms with Crippen LogP contribution in [-0.4, -0.2) is 35.1 Å². The smallest absolute Gasteiger partial charge is 0.243 e. The summed E-state index contributed by atoms with van der Waals surface area (Å²) in [6.45, 7) is 2.78. The highest BCUT2D eigenvalue weighted by Gasteiger charge is 2.30. The Bertz CT molecular complexity index is 1090. The molecule has 0 bridgehead atoms. The number of halogens is 2. The van der Waals surface area contributed by atoms with Crippen LogP contribution in [0.4, 0.5) is 8.78 Å².